The van der Waals surface area contributed by atoms with Gasteiger partial charge in [-0.05, 0) is 184 Å². The van der Waals surface area contributed by atoms with Gasteiger partial charge in [0, 0.05) is 33.5 Å². The largest absolute Gasteiger partial charge is 0.310 e. The maximum absolute atomic E-state index is 2.41. The summed E-state index contributed by atoms with van der Waals surface area (Å²) in [5, 5.41) is 12.2. The third kappa shape index (κ3) is 8.90. The number of anilines is 6. The van der Waals surface area contributed by atoms with E-state index in [1.807, 2.05) is 0 Å². The first kappa shape index (κ1) is 48.3. The first-order valence-corrected chi connectivity index (χ1v) is 28.2. The Hall–Kier alpha value is -10.8. The number of hydrogen-bond donors (Lipinski definition) is 0. The maximum atomic E-state index is 2.41. The summed E-state index contributed by atoms with van der Waals surface area (Å²) in [6.07, 6.45) is 0. The van der Waals surface area contributed by atoms with E-state index in [0.717, 1.165) is 50.8 Å². The molecule has 0 N–H and O–H groups in total. The zero-order valence-electron chi connectivity index (χ0n) is 45.1. The molecular weight excluding hydrogens is 989 g/mol. The smallest absolute Gasteiger partial charge is 0.0540 e. The summed E-state index contributed by atoms with van der Waals surface area (Å²) in [5.74, 6) is 0. The number of nitrogens with zero attached hydrogens (tertiary/aromatic N) is 2. The normalized spacial score (nSPS) is 11.4. The molecule has 0 atom stereocenters. The summed E-state index contributed by atoms with van der Waals surface area (Å²) in [6.45, 7) is 0. The Balaban J connectivity index is 0.809. The molecule has 0 amide bonds. The van der Waals surface area contributed by atoms with Crippen molar-refractivity contribution in [1.29, 1.82) is 0 Å². The van der Waals surface area contributed by atoms with Gasteiger partial charge in [-0.25, -0.2) is 0 Å². The minimum absolute atomic E-state index is 1.08. The Labute approximate surface area is 478 Å². The van der Waals surface area contributed by atoms with Crippen molar-refractivity contribution in [3.8, 4) is 55.6 Å². The van der Waals surface area contributed by atoms with E-state index in [9.17, 15) is 0 Å². The van der Waals surface area contributed by atoms with Crippen LogP contribution < -0.4 is 9.80 Å². The molecule has 0 aliphatic heterocycles. The molecule has 0 fully saturated rings. The molecular formula is C80H54N2. The predicted octanol–water partition coefficient (Wildman–Crippen LogP) is 22.7. The van der Waals surface area contributed by atoms with Crippen molar-refractivity contribution in [1.82, 2.24) is 0 Å². The van der Waals surface area contributed by atoms with E-state index in [4.69, 9.17) is 0 Å². The van der Waals surface area contributed by atoms with Crippen LogP contribution in [0.5, 0.6) is 0 Å². The van der Waals surface area contributed by atoms with E-state index >= 15 is 0 Å². The molecule has 0 saturated heterocycles. The van der Waals surface area contributed by atoms with Gasteiger partial charge in [0.1, 0.15) is 0 Å². The highest BCUT2D eigenvalue weighted by molar-refractivity contribution is 6.10. The number of fused-ring (bicyclic) bond motifs is 5. The minimum Gasteiger partial charge on any atom is -0.310 e. The molecule has 15 rings (SSSR count). The lowest BCUT2D eigenvalue weighted by Gasteiger charge is -2.28. The molecule has 0 aliphatic rings. The summed E-state index contributed by atoms with van der Waals surface area (Å²) in [6, 6.07) is 120. The Morgan fingerprint density at radius 2 is 0.573 bits per heavy atom. The van der Waals surface area contributed by atoms with Crippen LogP contribution in [-0.4, -0.2) is 0 Å². The van der Waals surface area contributed by atoms with Crippen LogP contribution in [0.2, 0.25) is 0 Å². The second-order valence-electron chi connectivity index (χ2n) is 21.2. The Kier molecular flexibility index (Phi) is 12.2. The van der Waals surface area contributed by atoms with Crippen LogP contribution in [0.1, 0.15) is 0 Å². The molecule has 0 aliphatic carbocycles. The molecule has 0 spiro atoms. The van der Waals surface area contributed by atoms with E-state index in [1.165, 1.54) is 92.8 Å². The zero-order valence-corrected chi connectivity index (χ0v) is 45.1. The van der Waals surface area contributed by atoms with Crippen LogP contribution in [0.15, 0.2) is 328 Å². The lowest BCUT2D eigenvalue weighted by atomic mass is 9.86. The van der Waals surface area contributed by atoms with Gasteiger partial charge in [-0.15, -0.1) is 0 Å². The van der Waals surface area contributed by atoms with E-state index in [2.05, 4.69) is 337 Å². The zero-order chi connectivity index (χ0) is 54.3. The van der Waals surface area contributed by atoms with Crippen LogP contribution in [-0.2, 0) is 0 Å². The number of rotatable bonds is 11. The molecule has 384 valence electrons. The molecule has 15 aromatic rings. The topological polar surface area (TPSA) is 6.48 Å². The van der Waals surface area contributed by atoms with Crippen LogP contribution >= 0.6 is 0 Å². The second-order valence-corrected chi connectivity index (χ2v) is 21.2. The van der Waals surface area contributed by atoms with Crippen molar-refractivity contribution >= 4 is 88.0 Å². The maximum Gasteiger partial charge on any atom is 0.0540 e. The third-order valence-corrected chi connectivity index (χ3v) is 16.4. The van der Waals surface area contributed by atoms with Crippen molar-refractivity contribution < 1.29 is 0 Å². The predicted molar refractivity (Wildman–Crippen MR) is 351 cm³/mol. The average molecular weight is 1040 g/mol. The fourth-order valence-corrected chi connectivity index (χ4v) is 12.4. The van der Waals surface area contributed by atoms with Crippen LogP contribution in [0.4, 0.5) is 34.1 Å². The summed E-state index contributed by atoms with van der Waals surface area (Å²) >= 11 is 0. The highest BCUT2D eigenvalue weighted by Crippen LogP contribution is 2.46. The highest BCUT2D eigenvalue weighted by Gasteiger charge is 2.21. The lowest BCUT2D eigenvalue weighted by Crippen LogP contribution is -2.10. The lowest BCUT2D eigenvalue weighted by molar-refractivity contribution is 1.29. The summed E-state index contributed by atoms with van der Waals surface area (Å²) < 4.78 is 0. The van der Waals surface area contributed by atoms with Gasteiger partial charge in [-0.1, -0.05) is 243 Å². The number of benzene rings is 15. The average Bonchev–Trinajstić information content (AvgIpc) is 3.70. The van der Waals surface area contributed by atoms with Crippen LogP contribution in [0.25, 0.3) is 109 Å². The van der Waals surface area contributed by atoms with E-state index in [1.54, 1.807) is 0 Å². The molecule has 15 aromatic carbocycles. The minimum atomic E-state index is 1.08. The quantitative estimate of drug-likeness (QED) is 0.127. The van der Waals surface area contributed by atoms with Gasteiger partial charge in [-0.3, -0.25) is 0 Å². The molecule has 82 heavy (non-hydrogen) atoms. The molecule has 0 radical (unpaired) electrons. The van der Waals surface area contributed by atoms with E-state index < -0.39 is 0 Å². The summed E-state index contributed by atoms with van der Waals surface area (Å²) in [7, 11) is 0. The van der Waals surface area contributed by atoms with Gasteiger partial charge >= 0.3 is 0 Å². The monoisotopic (exact) mass is 1040 g/mol. The molecule has 0 unspecified atom stereocenters. The number of hydrogen-bond acceptors (Lipinski definition) is 2. The van der Waals surface area contributed by atoms with Gasteiger partial charge in [0.25, 0.3) is 0 Å². The van der Waals surface area contributed by atoms with Gasteiger partial charge in [0.15, 0.2) is 0 Å². The molecule has 0 aromatic heterocycles. The first-order chi connectivity index (χ1) is 40.6. The molecule has 0 heterocycles. The first-order valence-electron chi connectivity index (χ1n) is 28.2. The fourth-order valence-electron chi connectivity index (χ4n) is 12.4. The van der Waals surface area contributed by atoms with Crippen molar-refractivity contribution in [2.75, 3.05) is 9.80 Å². The Morgan fingerprint density at radius 3 is 1.22 bits per heavy atom. The van der Waals surface area contributed by atoms with Crippen molar-refractivity contribution in [2.24, 2.45) is 0 Å². The number of para-hydroxylation sites is 2. The molecule has 2 nitrogen and oxygen atoms in total. The van der Waals surface area contributed by atoms with Crippen molar-refractivity contribution in [3.63, 3.8) is 0 Å². The standard InChI is InChI=1S/C80H54N2/c1-3-25-68(26-4-1)81(78-32-16-22-59-19-11-12-29-73(59)78)70-44-39-57(40-45-70)58-41-46-71(47-42-58)82(69-27-5-2-6-28-69)79-50-49-72(75-30-13-14-31-76(75)79)65-23-15-24-67(53-65)80-74(66-38-34-56-18-8-10-21-62(56)52-66)48-43-60-35-37-64(54-77(60)80)63-36-33-55-17-7-9-20-61(55)51-63/h1-54H. The van der Waals surface area contributed by atoms with E-state index in [-0.39, 0.29) is 0 Å². The molecule has 0 bridgehead atoms. The summed E-state index contributed by atoms with van der Waals surface area (Å²) in [5.41, 5.74) is 18.5. The van der Waals surface area contributed by atoms with Gasteiger partial charge in [0.05, 0.1) is 11.4 Å². The molecule has 2 heteroatoms. The second kappa shape index (κ2) is 20.8. The van der Waals surface area contributed by atoms with Crippen molar-refractivity contribution in [2.45, 2.75) is 0 Å². The Bertz CT molecular complexity index is 4840. The van der Waals surface area contributed by atoms with Crippen molar-refractivity contribution in [3.05, 3.63) is 328 Å². The third-order valence-electron chi connectivity index (χ3n) is 16.4. The van der Waals surface area contributed by atoms with Gasteiger partial charge < -0.3 is 9.80 Å². The van der Waals surface area contributed by atoms with Gasteiger partial charge in [-0.2, -0.15) is 0 Å². The van der Waals surface area contributed by atoms with Crippen LogP contribution in [0.3, 0.4) is 0 Å². The molecule has 0 saturated carbocycles. The van der Waals surface area contributed by atoms with Gasteiger partial charge in [0.2, 0.25) is 0 Å². The Morgan fingerprint density at radius 1 is 0.171 bits per heavy atom. The van der Waals surface area contributed by atoms with E-state index in [0.29, 0.717) is 0 Å². The highest BCUT2D eigenvalue weighted by atomic mass is 15.1. The summed E-state index contributed by atoms with van der Waals surface area (Å²) in [4.78, 5) is 4.76. The fraction of sp³-hybridized carbons (Fsp3) is 0. The SMILES string of the molecule is c1ccc(N(c2ccc(-c3ccc(N(c4ccccc4)c4ccc(-c5cccc(-c6c(-c7ccc8ccccc8c7)ccc7ccc(-c8ccc9ccccc9c8)cc67)c5)c5ccccc45)cc3)cc2)c2cccc3ccccc23)cc1. The van der Waals surface area contributed by atoms with Crippen LogP contribution in [0, 0.1) is 0 Å².